The molecule has 2 atom stereocenters. The zero-order chi connectivity index (χ0) is 25.7. The number of hydrogen-bond donors (Lipinski definition) is 1. The molecule has 0 radical (unpaired) electrons. The number of rotatable bonds is 23. The summed E-state index contributed by atoms with van der Waals surface area (Å²) in [5, 5.41) is 2.36. The summed E-state index contributed by atoms with van der Waals surface area (Å²) in [6, 6.07) is 0. The largest absolute Gasteiger partial charge is 0.756 e. The Kier molecular flexibility index (Phi) is 20.1. The molecule has 0 aromatic rings. The smallest absolute Gasteiger partial charge is 0.406 e. The second-order valence-electron chi connectivity index (χ2n) is 10.3. The van der Waals surface area contributed by atoms with Gasteiger partial charge in [0.2, 0.25) is 0 Å². The molecule has 8 nitrogen and oxygen atoms in total. The highest BCUT2D eigenvalue weighted by molar-refractivity contribution is 7.45. The van der Waals surface area contributed by atoms with Crippen molar-refractivity contribution in [1.82, 2.24) is 5.32 Å². The van der Waals surface area contributed by atoms with Crippen LogP contribution in [0, 0.1) is 0 Å². The van der Waals surface area contributed by atoms with Crippen molar-refractivity contribution in [2.75, 3.05) is 47.9 Å². The number of unbranched alkanes of at least 4 members (excludes halogenated alkanes) is 13. The highest BCUT2D eigenvalue weighted by atomic mass is 31.2. The van der Waals surface area contributed by atoms with Gasteiger partial charge < -0.3 is 28.5 Å². The molecule has 0 aliphatic heterocycles. The topological polar surface area (TPSA) is 96.9 Å². The number of alkyl carbamates (subject to hydrolysis) is 1. The molecule has 2 unspecified atom stereocenters. The van der Waals surface area contributed by atoms with E-state index in [9.17, 15) is 14.3 Å². The van der Waals surface area contributed by atoms with Crippen LogP contribution in [0.15, 0.2) is 0 Å². The van der Waals surface area contributed by atoms with Gasteiger partial charge in [-0.2, -0.15) is 0 Å². The van der Waals surface area contributed by atoms with Crippen LogP contribution in [0.5, 0.6) is 0 Å². The summed E-state index contributed by atoms with van der Waals surface area (Å²) in [4.78, 5) is 23.6. The first-order valence-corrected chi connectivity index (χ1v) is 14.8. The monoisotopic (exact) mass is 508 g/mol. The molecule has 0 aliphatic rings. The SMILES string of the molecule is CCCCCCCCCCCCCCCCC(COC(=O)NC)OP(=O)([O-])OCC[N+](C)(C)C. The molecule has 0 saturated heterocycles. The molecule has 1 amide bonds. The van der Waals surface area contributed by atoms with Gasteiger partial charge in [-0.25, -0.2) is 4.79 Å². The average molecular weight is 509 g/mol. The Morgan fingerprint density at radius 2 is 1.35 bits per heavy atom. The lowest BCUT2D eigenvalue weighted by Crippen LogP contribution is -2.37. The fraction of sp³-hybridized carbons (Fsp3) is 0.960. The normalized spacial score (nSPS) is 14.5. The second kappa shape index (κ2) is 20.5. The van der Waals surface area contributed by atoms with Crippen LogP contribution in [0.2, 0.25) is 0 Å². The minimum absolute atomic E-state index is 0.0478. The van der Waals surface area contributed by atoms with E-state index in [2.05, 4.69) is 12.2 Å². The first-order valence-electron chi connectivity index (χ1n) is 13.4. The maximum atomic E-state index is 12.2. The predicted molar refractivity (Wildman–Crippen MR) is 137 cm³/mol. The van der Waals surface area contributed by atoms with Crippen LogP contribution < -0.4 is 10.2 Å². The zero-order valence-electron chi connectivity index (χ0n) is 22.6. The summed E-state index contributed by atoms with van der Waals surface area (Å²) >= 11 is 0. The molecule has 0 saturated carbocycles. The number of ether oxygens (including phenoxy) is 1. The van der Waals surface area contributed by atoms with Crippen LogP contribution in [-0.4, -0.2) is 64.6 Å². The van der Waals surface area contributed by atoms with Crippen molar-refractivity contribution in [1.29, 1.82) is 0 Å². The second-order valence-corrected chi connectivity index (χ2v) is 11.6. The Balaban J connectivity index is 4.04. The third-order valence-corrected chi connectivity index (χ3v) is 6.83. The van der Waals surface area contributed by atoms with Crippen LogP contribution in [0.3, 0.4) is 0 Å². The molecule has 0 spiro atoms. The van der Waals surface area contributed by atoms with E-state index in [1.165, 1.54) is 77.7 Å². The van der Waals surface area contributed by atoms with Crippen molar-refractivity contribution in [2.24, 2.45) is 0 Å². The summed E-state index contributed by atoms with van der Waals surface area (Å²) in [5.41, 5.74) is 0. The number of amides is 1. The lowest BCUT2D eigenvalue weighted by Gasteiger charge is -2.30. The van der Waals surface area contributed by atoms with E-state index in [0.29, 0.717) is 17.4 Å². The standard InChI is InChI=1S/C25H53N2O6P/c1-6-7-8-9-10-11-12-13-14-15-16-17-18-19-20-24(23-31-25(28)26-2)33-34(29,30)32-22-21-27(3,4)5/h24H,6-23H2,1-5H3,(H-,26,28,29,30). The summed E-state index contributed by atoms with van der Waals surface area (Å²) < 4.78 is 28.1. The number of nitrogens with one attached hydrogen (secondary N) is 1. The van der Waals surface area contributed by atoms with Gasteiger partial charge in [-0.1, -0.05) is 96.8 Å². The average Bonchev–Trinajstić information content (AvgIpc) is 2.75. The number of carbonyl (C=O) groups excluding carboxylic acids is 1. The van der Waals surface area contributed by atoms with Crippen LogP contribution in [0.4, 0.5) is 4.79 Å². The Bertz CT molecular complexity index is 542. The lowest BCUT2D eigenvalue weighted by molar-refractivity contribution is -0.870. The molecule has 1 N–H and O–H groups in total. The quantitative estimate of drug-likeness (QED) is 0.107. The van der Waals surface area contributed by atoms with Gasteiger partial charge in [-0.15, -0.1) is 0 Å². The van der Waals surface area contributed by atoms with E-state index in [4.69, 9.17) is 13.8 Å². The van der Waals surface area contributed by atoms with Crippen LogP contribution in [0.1, 0.15) is 103 Å². The molecule has 0 aromatic carbocycles. The number of phosphoric acid groups is 1. The Hall–Kier alpha value is -0.660. The van der Waals surface area contributed by atoms with Crippen molar-refractivity contribution in [3.05, 3.63) is 0 Å². The third kappa shape index (κ3) is 23.1. The number of likely N-dealkylation sites (N-methyl/N-ethyl adjacent to an activating group) is 1. The van der Waals surface area contributed by atoms with E-state index < -0.39 is 20.0 Å². The summed E-state index contributed by atoms with van der Waals surface area (Å²) in [6.45, 7) is 2.71. The Morgan fingerprint density at radius 1 is 0.882 bits per heavy atom. The van der Waals surface area contributed by atoms with Gasteiger partial charge in [0.15, 0.2) is 0 Å². The van der Waals surface area contributed by atoms with Crippen molar-refractivity contribution >= 4 is 13.9 Å². The number of carbonyl (C=O) groups is 1. The maximum Gasteiger partial charge on any atom is 0.406 e. The highest BCUT2D eigenvalue weighted by Gasteiger charge is 2.21. The Labute approximate surface area is 209 Å². The predicted octanol–water partition coefficient (Wildman–Crippen LogP) is 5.79. The maximum absolute atomic E-state index is 12.2. The van der Waals surface area contributed by atoms with E-state index in [1.54, 1.807) is 0 Å². The van der Waals surface area contributed by atoms with Crippen molar-refractivity contribution < 1.29 is 32.5 Å². The van der Waals surface area contributed by atoms with Crippen LogP contribution >= 0.6 is 7.82 Å². The molecular formula is C25H53N2O6P. The van der Waals surface area contributed by atoms with E-state index in [1.807, 2.05) is 21.1 Å². The first-order chi connectivity index (χ1) is 16.1. The van der Waals surface area contributed by atoms with Gasteiger partial charge in [0, 0.05) is 7.05 Å². The molecule has 34 heavy (non-hydrogen) atoms. The highest BCUT2D eigenvalue weighted by Crippen LogP contribution is 2.40. The molecular weight excluding hydrogens is 455 g/mol. The van der Waals surface area contributed by atoms with Crippen LogP contribution in [-0.2, 0) is 18.3 Å². The van der Waals surface area contributed by atoms with Crippen LogP contribution in [0.25, 0.3) is 0 Å². The molecule has 0 aliphatic carbocycles. The van der Waals surface area contributed by atoms with E-state index >= 15 is 0 Å². The zero-order valence-corrected chi connectivity index (χ0v) is 23.5. The minimum atomic E-state index is -4.46. The number of nitrogens with zero attached hydrogens (tertiary/aromatic N) is 1. The van der Waals surface area contributed by atoms with Gasteiger partial charge in [0.1, 0.15) is 25.9 Å². The van der Waals surface area contributed by atoms with Gasteiger partial charge >= 0.3 is 6.09 Å². The number of hydrogen-bond acceptors (Lipinski definition) is 6. The van der Waals surface area contributed by atoms with Gasteiger partial charge in [-0.05, 0) is 6.42 Å². The summed E-state index contributed by atoms with van der Waals surface area (Å²) in [7, 11) is 2.86. The van der Waals surface area contributed by atoms with Crippen molar-refractivity contribution in [3.63, 3.8) is 0 Å². The molecule has 0 rings (SSSR count). The van der Waals surface area contributed by atoms with Gasteiger partial charge in [0.25, 0.3) is 7.82 Å². The van der Waals surface area contributed by atoms with Gasteiger partial charge in [-0.3, -0.25) is 4.57 Å². The number of quaternary nitrogens is 1. The van der Waals surface area contributed by atoms with Gasteiger partial charge in [0.05, 0.1) is 21.1 Å². The van der Waals surface area contributed by atoms with Crippen molar-refractivity contribution in [2.45, 2.75) is 109 Å². The lowest BCUT2D eigenvalue weighted by atomic mass is 10.0. The molecule has 0 heterocycles. The Morgan fingerprint density at radius 3 is 1.79 bits per heavy atom. The van der Waals surface area contributed by atoms with Crippen molar-refractivity contribution in [3.8, 4) is 0 Å². The third-order valence-electron chi connectivity index (χ3n) is 5.77. The first kappa shape index (κ1) is 33.3. The molecule has 0 aromatic heterocycles. The molecule has 0 fully saturated rings. The molecule has 204 valence electrons. The number of phosphoric ester groups is 1. The summed E-state index contributed by atoms with van der Waals surface area (Å²) in [6.07, 6.45) is 16.7. The summed E-state index contributed by atoms with van der Waals surface area (Å²) in [5.74, 6) is 0. The fourth-order valence-electron chi connectivity index (χ4n) is 3.61. The molecule has 0 bridgehead atoms. The minimum Gasteiger partial charge on any atom is -0.756 e. The molecule has 9 heteroatoms. The van der Waals surface area contributed by atoms with E-state index in [0.717, 1.165) is 19.3 Å². The fourth-order valence-corrected chi connectivity index (χ4v) is 4.51. The van der Waals surface area contributed by atoms with E-state index in [-0.39, 0.29) is 13.2 Å².